The van der Waals surface area contributed by atoms with Crippen LogP contribution in [0.3, 0.4) is 0 Å². The number of carbonyl (C=O) groups excluding carboxylic acids is 1. The zero-order valence-electron chi connectivity index (χ0n) is 18.6. The lowest BCUT2D eigenvalue weighted by Gasteiger charge is -2.39. The normalized spacial score (nSPS) is 29.0. The van der Waals surface area contributed by atoms with Gasteiger partial charge in [0.1, 0.15) is 0 Å². The van der Waals surface area contributed by atoms with Gasteiger partial charge in [0.2, 0.25) is 0 Å². The summed E-state index contributed by atoms with van der Waals surface area (Å²) in [6.45, 7) is 8.52. The Morgan fingerprint density at radius 1 is 1.23 bits per heavy atom. The van der Waals surface area contributed by atoms with Gasteiger partial charge < -0.3 is 15.3 Å². The quantitative estimate of drug-likeness (QED) is 0.595. The predicted octanol–water partition coefficient (Wildman–Crippen LogP) is 4.56. The van der Waals surface area contributed by atoms with Crippen LogP contribution in [-0.2, 0) is 10.4 Å². The van der Waals surface area contributed by atoms with Gasteiger partial charge in [-0.05, 0) is 75.2 Å². The van der Waals surface area contributed by atoms with E-state index in [1.54, 1.807) is 0 Å². The standard InChI is InChI=1S/C25H38N2O2S/c1-18(2)7-5-13-27-16-19-11-12-20(17-27)22(19)15-26-24(28)25(29,21-8-3-4-9-21)23-10-6-14-30-23/h6-7,10,14,19-22,29H,3-5,8-9,11-13,15-17H2,1-2H3,(H,26,28). The van der Waals surface area contributed by atoms with Gasteiger partial charge in [-0.15, -0.1) is 11.3 Å². The molecule has 1 aromatic rings. The van der Waals surface area contributed by atoms with Crippen molar-refractivity contribution in [3.05, 3.63) is 34.0 Å². The molecular weight excluding hydrogens is 392 g/mol. The molecular formula is C25H38N2O2S. The van der Waals surface area contributed by atoms with E-state index < -0.39 is 5.60 Å². The van der Waals surface area contributed by atoms with E-state index in [1.807, 2.05) is 17.5 Å². The summed E-state index contributed by atoms with van der Waals surface area (Å²) in [6.07, 6.45) is 10.1. The first-order valence-corrected chi connectivity index (χ1v) is 12.8. The van der Waals surface area contributed by atoms with Crippen LogP contribution in [0.25, 0.3) is 0 Å². The van der Waals surface area contributed by atoms with E-state index in [-0.39, 0.29) is 11.8 Å². The monoisotopic (exact) mass is 430 g/mol. The van der Waals surface area contributed by atoms with Crippen LogP contribution < -0.4 is 5.32 Å². The fourth-order valence-electron chi connectivity index (χ4n) is 6.17. The Labute approximate surface area is 185 Å². The molecule has 1 amide bonds. The molecule has 4 nitrogen and oxygen atoms in total. The summed E-state index contributed by atoms with van der Waals surface area (Å²) in [5.41, 5.74) is 0.0467. The molecule has 0 radical (unpaired) electrons. The minimum Gasteiger partial charge on any atom is -0.374 e. The lowest BCUT2D eigenvalue weighted by atomic mass is 9.82. The minimum atomic E-state index is -1.35. The lowest BCUT2D eigenvalue weighted by molar-refractivity contribution is -0.147. The van der Waals surface area contributed by atoms with Crippen LogP contribution in [0.1, 0.15) is 63.7 Å². The van der Waals surface area contributed by atoms with Crippen LogP contribution in [0.15, 0.2) is 29.2 Å². The van der Waals surface area contributed by atoms with Crippen molar-refractivity contribution in [2.45, 2.75) is 64.4 Å². The molecule has 30 heavy (non-hydrogen) atoms. The molecule has 0 spiro atoms. The number of piperidine rings is 1. The van der Waals surface area contributed by atoms with Gasteiger partial charge in [-0.3, -0.25) is 4.79 Å². The van der Waals surface area contributed by atoms with Crippen molar-refractivity contribution in [3.63, 3.8) is 0 Å². The molecule has 1 aromatic heterocycles. The smallest absolute Gasteiger partial charge is 0.257 e. The summed E-state index contributed by atoms with van der Waals surface area (Å²) < 4.78 is 0. The molecule has 4 rings (SSSR count). The Kier molecular flexibility index (Phi) is 7.01. The first-order chi connectivity index (χ1) is 14.5. The molecule has 1 aliphatic heterocycles. The largest absolute Gasteiger partial charge is 0.374 e. The van der Waals surface area contributed by atoms with Crippen molar-refractivity contribution < 1.29 is 9.90 Å². The SMILES string of the molecule is CC(C)=CCCN1CC2CCC(C1)C2CNC(=O)C(O)(c1cccs1)C1CCCC1. The Morgan fingerprint density at radius 3 is 2.53 bits per heavy atom. The van der Waals surface area contributed by atoms with Gasteiger partial charge in [0.25, 0.3) is 5.91 Å². The second-order valence-corrected chi connectivity index (χ2v) is 11.0. The summed E-state index contributed by atoms with van der Waals surface area (Å²) in [6, 6.07) is 3.87. The maximum absolute atomic E-state index is 13.3. The fraction of sp³-hybridized carbons (Fsp3) is 0.720. The fourth-order valence-corrected chi connectivity index (χ4v) is 7.07. The lowest BCUT2D eigenvalue weighted by Crippen LogP contribution is -2.52. The average Bonchev–Trinajstić information content (AvgIpc) is 3.47. The number of amides is 1. The number of allylic oxidation sites excluding steroid dienone is 1. The molecule has 3 aliphatic rings. The summed E-state index contributed by atoms with van der Waals surface area (Å²) in [5, 5.41) is 16.8. The van der Waals surface area contributed by atoms with Gasteiger partial charge in [-0.1, -0.05) is 30.6 Å². The number of nitrogens with zero attached hydrogens (tertiary/aromatic N) is 1. The molecule has 3 fully saturated rings. The molecule has 166 valence electrons. The molecule has 2 bridgehead atoms. The first kappa shape index (κ1) is 22.0. The van der Waals surface area contributed by atoms with E-state index in [2.05, 4.69) is 30.1 Å². The molecule has 2 heterocycles. The molecule has 2 aliphatic carbocycles. The molecule has 1 saturated heterocycles. The van der Waals surface area contributed by atoms with Crippen molar-refractivity contribution in [2.75, 3.05) is 26.2 Å². The van der Waals surface area contributed by atoms with Crippen LogP contribution in [0.5, 0.6) is 0 Å². The molecule has 2 N–H and O–H groups in total. The van der Waals surface area contributed by atoms with E-state index in [9.17, 15) is 9.90 Å². The molecule has 5 heteroatoms. The summed E-state index contributed by atoms with van der Waals surface area (Å²) in [5.74, 6) is 1.80. The average molecular weight is 431 g/mol. The van der Waals surface area contributed by atoms with Crippen LogP contribution in [-0.4, -0.2) is 42.1 Å². The van der Waals surface area contributed by atoms with Gasteiger partial charge in [-0.2, -0.15) is 0 Å². The highest BCUT2D eigenvalue weighted by molar-refractivity contribution is 7.10. The van der Waals surface area contributed by atoms with Crippen molar-refractivity contribution in [2.24, 2.45) is 23.7 Å². The number of carbonyl (C=O) groups is 1. The minimum absolute atomic E-state index is 0.0461. The van der Waals surface area contributed by atoms with E-state index >= 15 is 0 Å². The number of nitrogens with one attached hydrogen (secondary N) is 1. The topological polar surface area (TPSA) is 52.6 Å². The van der Waals surface area contributed by atoms with Gasteiger partial charge in [0.05, 0.1) is 0 Å². The Hall–Kier alpha value is -1.17. The Bertz CT molecular complexity index is 722. The predicted molar refractivity (Wildman–Crippen MR) is 123 cm³/mol. The van der Waals surface area contributed by atoms with Crippen LogP contribution >= 0.6 is 11.3 Å². The van der Waals surface area contributed by atoms with Crippen molar-refractivity contribution in [3.8, 4) is 0 Å². The van der Waals surface area contributed by atoms with E-state index in [0.717, 1.165) is 63.2 Å². The highest BCUT2D eigenvalue weighted by atomic mass is 32.1. The van der Waals surface area contributed by atoms with Gasteiger partial charge in [0.15, 0.2) is 5.60 Å². The summed E-state index contributed by atoms with van der Waals surface area (Å²) in [7, 11) is 0. The van der Waals surface area contributed by atoms with Gasteiger partial charge >= 0.3 is 0 Å². The van der Waals surface area contributed by atoms with E-state index in [0.29, 0.717) is 17.8 Å². The third kappa shape index (κ3) is 4.53. The Balaban J connectivity index is 1.36. The second-order valence-electron chi connectivity index (χ2n) is 10.0. The van der Waals surface area contributed by atoms with Gasteiger partial charge in [-0.25, -0.2) is 0 Å². The Morgan fingerprint density at radius 2 is 1.93 bits per heavy atom. The highest BCUT2D eigenvalue weighted by Gasteiger charge is 2.48. The van der Waals surface area contributed by atoms with Crippen LogP contribution in [0.2, 0.25) is 0 Å². The number of fused-ring (bicyclic) bond motifs is 2. The summed E-state index contributed by atoms with van der Waals surface area (Å²) >= 11 is 1.51. The number of aliphatic hydroxyl groups is 1. The zero-order valence-corrected chi connectivity index (χ0v) is 19.4. The van der Waals surface area contributed by atoms with Crippen LogP contribution in [0.4, 0.5) is 0 Å². The maximum Gasteiger partial charge on any atom is 0.257 e. The van der Waals surface area contributed by atoms with Crippen LogP contribution in [0, 0.1) is 23.7 Å². The van der Waals surface area contributed by atoms with E-state index in [1.165, 1.54) is 29.8 Å². The molecule has 3 atom stereocenters. The number of thiophene rings is 1. The van der Waals surface area contributed by atoms with Crippen molar-refractivity contribution in [1.29, 1.82) is 0 Å². The maximum atomic E-state index is 13.3. The van der Waals surface area contributed by atoms with Gasteiger partial charge in [0, 0.05) is 37.0 Å². The molecule has 0 aromatic carbocycles. The van der Waals surface area contributed by atoms with Crippen molar-refractivity contribution in [1.82, 2.24) is 10.2 Å². The van der Waals surface area contributed by atoms with E-state index in [4.69, 9.17) is 0 Å². The number of hydrogen-bond acceptors (Lipinski definition) is 4. The number of rotatable bonds is 8. The molecule has 2 saturated carbocycles. The summed E-state index contributed by atoms with van der Waals surface area (Å²) in [4.78, 5) is 16.8. The third-order valence-corrected chi connectivity index (χ3v) is 8.78. The number of likely N-dealkylation sites (tertiary alicyclic amines) is 1. The highest BCUT2D eigenvalue weighted by Crippen LogP contribution is 2.44. The molecule has 3 unspecified atom stereocenters. The third-order valence-electron chi connectivity index (χ3n) is 7.79. The second kappa shape index (κ2) is 9.54. The zero-order chi connectivity index (χ0) is 21.1. The number of hydrogen-bond donors (Lipinski definition) is 2. The van der Waals surface area contributed by atoms with Crippen molar-refractivity contribution >= 4 is 17.2 Å². The first-order valence-electron chi connectivity index (χ1n) is 11.9.